The fraction of sp³-hybridized carbons (Fsp3) is 0.182. The fourth-order valence-electron chi connectivity index (χ4n) is 1.64. The number of benzene rings is 1. The van der Waals surface area contributed by atoms with Crippen molar-refractivity contribution in [3.63, 3.8) is 0 Å². The summed E-state index contributed by atoms with van der Waals surface area (Å²) in [7, 11) is 1.19. The van der Waals surface area contributed by atoms with Crippen LogP contribution in [-0.4, -0.2) is 34.9 Å². The molecule has 0 radical (unpaired) electrons. The molecule has 1 heterocycles. The summed E-state index contributed by atoms with van der Waals surface area (Å²) in [4.78, 5) is 35.4. The Morgan fingerprint density at radius 3 is 2.35 bits per heavy atom. The monoisotopic (exact) mass is 234 g/mol. The van der Waals surface area contributed by atoms with Crippen LogP contribution in [0.15, 0.2) is 30.3 Å². The first-order valence-electron chi connectivity index (χ1n) is 4.89. The standard InChI is InChI=1S/C11H10N2O4/c1-13-9(15)11(17,8(14)12-10(13)16)7-5-3-2-4-6-7/h2-6,17H,1H3,(H,12,14,16). The molecule has 0 bridgehead atoms. The van der Waals surface area contributed by atoms with E-state index in [1.165, 1.54) is 19.2 Å². The number of imide groups is 2. The molecule has 6 heteroatoms. The van der Waals surface area contributed by atoms with Crippen molar-refractivity contribution >= 4 is 17.8 Å². The summed E-state index contributed by atoms with van der Waals surface area (Å²) in [5.74, 6) is -1.99. The van der Waals surface area contributed by atoms with Crippen molar-refractivity contribution in [3.05, 3.63) is 35.9 Å². The zero-order valence-corrected chi connectivity index (χ0v) is 9.01. The van der Waals surface area contributed by atoms with E-state index in [1.807, 2.05) is 5.32 Å². The van der Waals surface area contributed by atoms with Crippen LogP contribution in [0.5, 0.6) is 0 Å². The third kappa shape index (κ3) is 1.50. The minimum atomic E-state index is -2.34. The Kier molecular flexibility index (Phi) is 2.44. The minimum absolute atomic E-state index is 0.127. The highest BCUT2D eigenvalue weighted by molar-refractivity contribution is 6.21. The maximum Gasteiger partial charge on any atom is 0.330 e. The number of hydrogen-bond acceptors (Lipinski definition) is 4. The van der Waals surface area contributed by atoms with Crippen LogP contribution in [0.2, 0.25) is 0 Å². The lowest BCUT2D eigenvalue weighted by atomic mass is 9.90. The van der Waals surface area contributed by atoms with E-state index in [2.05, 4.69) is 0 Å². The van der Waals surface area contributed by atoms with Gasteiger partial charge in [0.05, 0.1) is 0 Å². The van der Waals surface area contributed by atoms with Crippen molar-refractivity contribution in [2.45, 2.75) is 5.60 Å². The van der Waals surface area contributed by atoms with Gasteiger partial charge in [0.2, 0.25) is 5.60 Å². The molecule has 1 aliphatic rings. The lowest BCUT2D eigenvalue weighted by Gasteiger charge is -2.33. The Balaban J connectivity index is 2.52. The molecule has 0 saturated carbocycles. The summed E-state index contributed by atoms with van der Waals surface area (Å²) in [6, 6.07) is 6.91. The summed E-state index contributed by atoms with van der Waals surface area (Å²) in [6.07, 6.45) is 0. The summed E-state index contributed by atoms with van der Waals surface area (Å²) >= 11 is 0. The highest BCUT2D eigenvalue weighted by Crippen LogP contribution is 2.26. The SMILES string of the molecule is CN1C(=O)NC(=O)C(O)(c2ccccc2)C1=O. The van der Waals surface area contributed by atoms with E-state index in [1.54, 1.807) is 18.2 Å². The molecule has 2 rings (SSSR count). The van der Waals surface area contributed by atoms with Gasteiger partial charge in [0, 0.05) is 12.6 Å². The van der Waals surface area contributed by atoms with Gasteiger partial charge < -0.3 is 5.11 Å². The highest BCUT2D eigenvalue weighted by Gasteiger charge is 2.53. The third-order valence-corrected chi connectivity index (χ3v) is 2.66. The predicted octanol–water partition coefficient (Wildman–Crippen LogP) is -0.418. The molecule has 1 aromatic rings. The van der Waals surface area contributed by atoms with Crippen LogP contribution in [-0.2, 0) is 15.2 Å². The molecule has 6 nitrogen and oxygen atoms in total. The summed E-state index contributed by atoms with van der Waals surface area (Å²) in [5.41, 5.74) is -2.22. The van der Waals surface area contributed by atoms with Crippen LogP contribution in [0.25, 0.3) is 0 Å². The number of nitrogens with zero attached hydrogens (tertiary/aromatic N) is 1. The van der Waals surface area contributed by atoms with E-state index in [0.717, 1.165) is 0 Å². The van der Waals surface area contributed by atoms with Gasteiger partial charge in [-0.05, 0) is 0 Å². The Hall–Kier alpha value is -2.21. The molecule has 0 spiro atoms. The zero-order chi connectivity index (χ0) is 12.6. The number of amides is 4. The average molecular weight is 234 g/mol. The molecule has 1 unspecified atom stereocenters. The lowest BCUT2D eigenvalue weighted by molar-refractivity contribution is -0.162. The second kappa shape index (κ2) is 3.67. The van der Waals surface area contributed by atoms with Crippen LogP contribution in [0.3, 0.4) is 0 Å². The first-order valence-corrected chi connectivity index (χ1v) is 4.89. The van der Waals surface area contributed by atoms with Gasteiger partial charge in [-0.15, -0.1) is 0 Å². The molecule has 1 fully saturated rings. The van der Waals surface area contributed by atoms with Crippen molar-refractivity contribution in [1.82, 2.24) is 10.2 Å². The lowest BCUT2D eigenvalue weighted by Crippen LogP contribution is -2.65. The molecular formula is C11H10N2O4. The number of barbiturate groups is 1. The number of aliphatic hydroxyl groups is 1. The number of carbonyl (C=O) groups excluding carboxylic acids is 3. The fourth-order valence-corrected chi connectivity index (χ4v) is 1.64. The van der Waals surface area contributed by atoms with Crippen LogP contribution in [0.1, 0.15) is 5.56 Å². The maximum absolute atomic E-state index is 11.9. The van der Waals surface area contributed by atoms with Crippen molar-refractivity contribution in [2.75, 3.05) is 7.05 Å². The van der Waals surface area contributed by atoms with E-state index in [4.69, 9.17) is 0 Å². The Labute approximate surface area is 96.8 Å². The smallest absolute Gasteiger partial charge is 0.330 e. The minimum Gasteiger partial charge on any atom is -0.368 e. The van der Waals surface area contributed by atoms with Gasteiger partial charge in [-0.1, -0.05) is 30.3 Å². The molecule has 0 aliphatic carbocycles. The number of carbonyl (C=O) groups is 3. The highest BCUT2D eigenvalue weighted by atomic mass is 16.3. The van der Waals surface area contributed by atoms with Crippen molar-refractivity contribution in [3.8, 4) is 0 Å². The number of nitrogens with one attached hydrogen (secondary N) is 1. The van der Waals surface area contributed by atoms with Gasteiger partial charge >= 0.3 is 6.03 Å². The number of rotatable bonds is 1. The summed E-state index contributed by atoms with van der Waals surface area (Å²) < 4.78 is 0. The number of urea groups is 1. The Morgan fingerprint density at radius 2 is 1.76 bits per heavy atom. The van der Waals surface area contributed by atoms with Crippen LogP contribution in [0, 0.1) is 0 Å². The zero-order valence-electron chi connectivity index (χ0n) is 9.01. The van der Waals surface area contributed by atoms with Gasteiger partial charge in [-0.2, -0.15) is 0 Å². The van der Waals surface area contributed by atoms with E-state index in [0.29, 0.717) is 4.90 Å². The molecule has 2 N–H and O–H groups in total. The van der Waals surface area contributed by atoms with Crippen LogP contribution in [0.4, 0.5) is 4.79 Å². The maximum atomic E-state index is 11.9. The molecule has 88 valence electrons. The van der Waals surface area contributed by atoms with Gasteiger partial charge in [0.1, 0.15) is 0 Å². The quantitative estimate of drug-likeness (QED) is 0.646. The molecule has 1 aliphatic heterocycles. The predicted molar refractivity (Wildman–Crippen MR) is 56.6 cm³/mol. The molecule has 1 atom stereocenters. The number of hydrogen-bond donors (Lipinski definition) is 2. The molecule has 1 aromatic carbocycles. The first-order chi connectivity index (χ1) is 7.98. The second-order valence-electron chi connectivity index (χ2n) is 3.70. The molecular weight excluding hydrogens is 224 g/mol. The van der Waals surface area contributed by atoms with E-state index in [9.17, 15) is 19.5 Å². The topological polar surface area (TPSA) is 86.7 Å². The molecule has 1 saturated heterocycles. The van der Waals surface area contributed by atoms with Gasteiger partial charge in [-0.25, -0.2) is 4.79 Å². The average Bonchev–Trinajstić information content (AvgIpc) is 2.35. The molecule has 17 heavy (non-hydrogen) atoms. The van der Waals surface area contributed by atoms with E-state index < -0.39 is 23.4 Å². The van der Waals surface area contributed by atoms with E-state index >= 15 is 0 Å². The summed E-state index contributed by atoms with van der Waals surface area (Å²) in [5, 5.41) is 12.1. The Morgan fingerprint density at radius 1 is 1.18 bits per heavy atom. The molecule has 4 amide bonds. The van der Waals surface area contributed by atoms with Gasteiger partial charge in [0.25, 0.3) is 11.8 Å². The third-order valence-electron chi connectivity index (χ3n) is 2.66. The van der Waals surface area contributed by atoms with E-state index in [-0.39, 0.29) is 5.56 Å². The normalized spacial score (nSPS) is 24.8. The first kappa shape index (κ1) is 11.3. The number of likely N-dealkylation sites (N-methyl/N-ethyl adjacent to an activating group) is 1. The summed E-state index contributed by atoms with van der Waals surface area (Å²) in [6.45, 7) is 0. The Bertz CT molecular complexity index is 499. The van der Waals surface area contributed by atoms with Crippen LogP contribution >= 0.6 is 0 Å². The molecule has 0 aromatic heterocycles. The second-order valence-corrected chi connectivity index (χ2v) is 3.70. The van der Waals surface area contributed by atoms with Crippen molar-refractivity contribution in [1.29, 1.82) is 0 Å². The van der Waals surface area contributed by atoms with Gasteiger partial charge in [-0.3, -0.25) is 19.8 Å². The largest absolute Gasteiger partial charge is 0.368 e. The van der Waals surface area contributed by atoms with Gasteiger partial charge in [0.15, 0.2) is 0 Å². The van der Waals surface area contributed by atoms with Crippen molar-refractivity contribution < 1.29 is 19.5 Å². The van der Waals surface area contributed by atoms with Crippen LogP contribution < -0.4 is 5.32 Å². The van der Waals surface area contributed by atoms with Crippen molar-refractivity contribution in [2.24, 2.45) is 0 Å².